The summed E-state index contributed by atoms with van der Waals surface area (Å²) in [6.45, 7) is 6.54. The predicted octanol–water partition coefficient (Wildman–Crippen LogP) is 3.35. The number of hydrogen-bond acceptors (Lipinski definition) is 2. The smallest absolute Gasteiger partial charge is 0.246 e. The number of benzene rings is 2. The molecule has 24 heavy (non-hydrogen) atoms. The molecular weight excluding hydrogens is 296 g/mol. The van der Waals surface area contributed by atoms with Gasteiger partial charge in [-0.3, -0.25) is 9.69 Å². The monoisotopic (exact) mass is 320 g/mol. The van der Waals surface area contributed by atoms with Crippen LogP contribution >= 0.6 is 0 Å². The molecule has 2 aromatic carbocycles. The Bertz CT molecular complexity index is 701. The van der Waals surface area contributed by atoms with Crippen LogP contribution in [0.15, 0.2) is 60.7 Å². The molecule has 0 atom stereocenters. The van der Waals surface area contributed by atoms with Gasteiger partial charge in [-0.1, -0.05) is 60.2 Å². The van der Waals surface area contributed by atoms with Gasteiger partial charge in [0.2, 0.25) is 5.91 Å². The van der Waals surface area contributed by atoms with Gasteiger partial charge in [0, 0.05) is 38.8 Å². The fourth-order valence-electron chi connectivity index (χ4n) is 3.03. The van der Waals surface area contributed by atoms with Crippen molar-refractivity contribution < 1.29 is 4.79 Å². The molecule has 0 aromatic heterocycles. The van der Waals surface area contributed by atoms with Crippen molar-refractivity contribution in [1.29, 1.82) is 0 Å². The van der Waals surface area contributed by atoms with Crippen LogP contribution in [0.4, 0.5) is 0 Å². The van der Waals surface area contributed by atoms with Gasteiger partial charge in [0.1, 0.15) is 0 Å². The summed E-state index contributed by atoms with van der Waals surface area (Å²) in [6.07, 6.45) is 3.58. The largest absolute Gasteiger partial charge is 0.337 e. The minimum atomic E-state index is 0.106. The van der Waals surface area contributed by atoms with E-state index in [4.69, 9.17) is 0 Å². The lowest BCUT2D eigenvalue weighted by Gasteiger charge is -2.34. The van der Waals surface area contributed by atoms with Gasteiger partial charge in [0.25, 0.3) is 0 Å². The van der Waals surface area contributed by atoms with Crippen molar-refractivity contribution in [2.24, 2.45) is 0 Å². The molecule has 1 fully saturated rings. The number of amides is 1. The highest BCUT2D eigenvalue weighted by Gasteiger charge is 2.19. The van der Waals surface area contributed by atoms with E-state index in [0.29, 0.717) is 0 Å². The van der Waals surface area contributed by atoms with Gasteiger partial charge >= 0.3 is 0 Å². The van der Waals surface area contributed by atoms with E-state index < -0.39 is 0 Å². The number of carbonyl (C=O) groups excluding carboxylic acids is 1. The van der Waals surface area contributed by atoms with Crippen molar-refractivity contribution in [1.82, 2.24) is 9.80 Å². The lowest BCUT2D eigenvalue weighted by Crippen LogP contribution is -2.47. The minimum Gasteiger partial charge on any atom is -0.337 e. The Balaban J connectivity index is 1.49. The topological polar surface area (TPSA) is 23.6 Å². The summed E-state index contributed by atoms with van der Waals surface area (Å²) < 4.78 is 0. The second-order valence-corrected chi connectivity index (χ2v) is 6.33. The normalized spacial score (nSPS) is 15.8. The highest BCUT2D eigenvalue weighted by molar-refractivity contribution is 5.91. The average Bonchev–Trinajstić information content (AvgIpc) is 2.61. The standard InChI is InChI=1S/C21H24N2O/c1-18-6-5-9-20(16-18)17-22-12-14-23(15-13-22)21(24)11-10-19-7-3-2-4-8-19/h2-11,16H,12-15,17H2,1H3/b11-10+. The molecule has 0 unspecified atom stereocenters. The van der Waals surface area contributed by atoms with E-state index >= 15 is 0 Å². The SMILES string of the molecule is Cc1cccc(CN2CCN(C(=O)/C=C/c3ccccc3)CC2)c1. The van der Waals surface area contributed by atoms with Crippen LogP contribution in [-0.2, 0) is 11.3 Å². The van der Waals surface area contributed by atoms with Crippen LogP contribution in [0, 0.1) is 6.92 Å². The quantitative estimate of drug-likeness (QED) is 0.807. The molecule has 1 aliphatic heterocycles. The van der Waals surface area contributed by atoms with E-state index in [-0.39, 0.29) is 5.91 Å². The van der Waals surface area contributed by atoms with E-state index in [0.717, 1.165) is 38.3 Å². The van der Waals surface area contributed by atoms with Crippen LogP contribution < -0.4 is 0 Å². The van der Waals surface area contributed by atoms with E-state index in [1.54, 1.807) is 6.08 Å². The summed E-state index contributed by atoms with van der Waals surface area (Å²) in [5.74, 6) is 0.106. The number of aryl methyl sites for hydroxylation is 1. The number of rotatable bonds is 4. The molecule has 1 aliphatic rings. The molecule has 2 aromatic rings. The third-order valence-corrected chi connectivity index (χ3v) is 4.39. The Morgan fingerprint density at radius 3 is 2.46 bits per heavy atom. The fraction of sp³-hybridized carbons (Fsp3) is 0.286. The van der Waals surface area contributed by atoms with Crippen LogP contribution in [0.25, 0.3) is 6.08 Å². The van der Waals surface area contributed by atoms with Gasteiger partial charge < -0.3 is 4.90 Å². The zero-order valence-corrected chi connectivity index (χ0v) is 14.2. The highest BCUT2D eigenvalue weighted by atomic mass is 16.2. The lowest BCUT2D eigenvalue weighted by molar-refractivity contribution is -0.127. The molecule has 0 aliphatic carbocycles. The predicted molar refractivity (Wildman–Crippen MR) is 98.5 cm³/mol. The summed E-state index contributed by atoms with van der Waals surface area (Å²) >= 11 is 0. The van der Waals surface area contributed by atoms with Gasteiger partial charge in [-0.25, -0.2) is 0 Å². The number of nitrogens with zero attached hydrogens (tertiary/aromatic N) is 2. The Labute approximate surface area is 144 Å². The van der Waals surface area contributed by atoms with E-state index in [1.165, 1.54) is 11.1 Å². The van der Waals surface area contributed by atoms with Crippen LogP contribution in [0.2, 0.25) is 0 Å². The van der Waals surface area contributed by atoms with E-state index in [9.17, 15) is 4.79 Å². The molecule has 0 spiro atoms. The van der Waals surface area contributed by atoms with Gasteiger partial charge in [0.05, 0.1) is 0 Å². The summed E-state index contributed by atoms with van der Waals surface area (Å²) in [6, 6.07) is 18.6. The summed E-state index contributed by atoms with van der Waals surface area (Å²) in [4.78, 5) is 16.7. The molecule has 1 heterocycles. The molecule has 1 saturated heterocycles. The summed E-state index contributed by atoms with van der Waals surface area (Å²) in [7, 11) is 0. The van der Waals surface area contributed by atoms with Crippen molar-refractivity contribution in [3.05, 3.63) is 77.4 Å². The molecule has 1 amide bonds. The molecule has 0 N–H and O–H groups in total. The third-order valence-electron chi connectivity index (χ3n) is 4.39. The van der Waals surface area contributed by atoms with Crippen molar-refractivity contribution >= 4 is 12.0 Å². The number of piperazine rings is 1. The van der Waals surface area contributed by atoms with Crippen molar-refractivity contribution in [2.75, 3.05) is 26.2 Å². The lowest BCUT2D eigenvalue weighted by atomic mass is 10.1. The average molecular weight is 320 g/mol. The van der Waals surface area contributed by atoms with Gasteiger partial charge in [-0.2, -0.15) is 0 Å². The van der Waals surface area contributed by atoms with Gasteiger partial charge in [-0.05, 0) is 24.1 Å². The van der Waals surface area contributed by atoms with Crippen LogP contribution in [0.1, 0.15) is 16.7 Å². The molecule has 3 heteroatoms. The molecule has 3 nitrogen and oxygen atoms in total. The Morgan fingerprint density at radius 1 is 1.00 bits per heavy atom. The third kappa shape index (κ3) is 4.56. The first kappa shape index (κ1) is 16.5. The molecule has 0 radical (unpaired) electrons. The van der Waals surface area contributed by atoms with E-state index in [1.807, 2.05) is 41.3 Å². The van der Waals surface area contributed by atoms with Crippen LogP contribution in [0.3, 0.4) is 0 Å². The van der Waals surface area contributed by atoms with Gasteiger partial charge in [0.15, 0.2) is 0 Å². The Hall–Kier alpha value is -2.39. The van der Waals surface area contributed by atoms with Crippen molar-refractivity contribution in [2.45, 2.75) is 13.5 Å². The first-order chi connectivity index (χ1) is 11.7. The second-order valence-electron chi connectivity index (χ2n) is 6.33. The van der Waals surface area contributed by atoms with Crippen molar-refractivity contribution in [3.8, 4) is 0 Å². The zero-order chi connectivity index (χ0) is 16.8. The van der Waals surface area contributed by atoms with E-state index in [2.05, 4.69) is 36.1 Å². The summed E-state index contributed by atoms with van der Waals surface area (Å²) in [5.41, 5.74) is 3.70. The van der Waals surface area contributed by atoms with Gasteiger partial charge in [-0.15, -0.1) is 0 Å². The zero-order valence-electron chi connectivity index (χ0n) is 14.2. The first-order valence-corrected chi connectivity index (χ1v) is 8.51. The maximum atomic E-state index is 12.3. The molecule has 0 bridgehead atoms. The second kappa shape index (κ2) is 7.93. The first-order valence-electron chi connectivity index (χ1n) is 8.51. The molecule has 3 rings (SSSR count). The van der Waals surface area contributed by atoms with Crippen LogP contribution in [-0.4, -0.2) is 41.9 Å². The molecule has 0 saturated carbocycles. The Morgan fingerprint density at radius 2 is 1.75 bits per heavy atom. The number of carbonyl (C=O) groups is 1. The maximum Gasteiger partial charge on any atom is 0.246 e. The van der Waals surface area contributed by atoms with Crippen LogP contribution in [0.5, 0.6) is 0 Å². The summed E-state index contributed by atoms with van der Waals surface area (Å²) in [5, 5.41) is 0. The number of hydrogen-bond donors (Lipinski definition) is 0. The van der Waals surface area contributed by atoms with Crippen molar-refractivity contribution in [3.63, 3.8) is 0 Å². The maximum absolute atomic E-state index is 12.3. The molecule has 124 valence electrons. The molecular formula is C21H24N2O. The Kier molecular flexibility index (Phi) is 5.44. The highest BCUT2D eigenvalue weighted by Crippen LogP contribution is 2.11. The minimum absolute atomic E-state index is 0.106. The fourth-order valence-corrected chi connectivity index (χ4v) is 3.03.